The van der Waals surface area contributed by atoms with Crippen LogP contribution in [0.25, 0.3) is 0 Å². The van der Waals surface area contributed by atoms with E-state index in [9.17, 15) is 18.4 Å². The number of halogens is 2. The molecule has 0 fully saturated rings. The highest BCUT2D eigenvalue weighted by Gasteiger charge is 2.38. The summed E-state index contributed by atoms with van der Waals surface area (Å²) in [4.78, 5) is 25.9. The van der Waals surface area contributed by atoms with Crippen molar-refractivity contribution in [3.05, 3.63) is 59.3 Å². The number of allylic oxidation sites excluding steroid dienone is 1. The highest BCUT2D eigenvalue weighted by atomic mass is 19.1. The molecule has 2 amide bonds. The maximum atomic E-state index is 14.2. The minimum absolute atomic E-state index is 0.0118. The molecular weight excluding hydrogens is 318 g/mol. The van der Waals surface area contributed by atoms with Crippen molar-refractivity contribution in [1.29, 1.82) is 0 Å². The van der Waals surface area contributed by atoms with Crippen LogP contribution in [0.2, 0.25) is 0 Å². The zero-order valence-corrected chi connectivity index (χ0v) is 13.4. The molecule has 1 aromatic rings. The topological polar surface area (TPSA) is 58.6 Å². The molecule has 1 aliphatic heterocycles. The first-order chi connectivity index (χ1) is 11.4. The first-order valence-electron chi connectivity index (χ1n) is 7.43. The monoisotopic (exact) mass is 336 g/mol. The van der Waals surface area contributed by atoms with Crippen molar-refractivity contribution in [3.8, 4) is 0 Å². The van der Waals surface area contributed by atoms with Crippen LogP contribution in [0.5, 0.6) is 0 Å². The quantitative estimate of drug-likeness (QED) is 0.664. The second kappa shape index (κ2) is 7.25. The number of rotatable bonds is 5. The SMILES string of the molecule is C=CCN1C(=O)N[C@H](c2c(F)cccc2F)C(C(=O)OCC)=C1C. The van der Waals surface area contributed by atoms with Crippen LogP contribution in [-0.4, -0.2) is 30.1 Å². The smallest absolute Gasteiger partial charge is 0.338 e. The summed E-state index contributed by atoms with van der Waals surface area (Å²) >= 11 is 0. The fourth-order valence-corrected chi connectivity index (χ4v) is 2.61. The molecule has 1 heterocycles. The largest absolute Gasteiger partial charge is 0.463 e. The number of carbonyl (C=O) groups is 2. The lowest BCUT2D eigenvalue weighted by Gasteiger charge is -2.35. The number of ether oxygens (including phenoxy) is 1. The van der Waals surface area contributed by atoms with Crippen molar-refractivity contribution >= 4 is 12.0 Å². The molecule has 0 aromatic heterocycles. The molecule has 1 aliphatic rings. The summed E-state index contributed by atoms with van der Waals surface area (Å²) in [5.41, 5.74) is -0.140. The number of esters is 1. The third kappa shape index (κ3) is 3.15. The Kier molecular flexibility index (Phi) is 5.33. The molecule has 0 aliphatic carbocycles. The summed E-state index contributed by atoms with van der Waals surface area (Å²) in [6.07, 6.45) is 1.48. The predicted molar refractivity (Wildman–Crippen MR) is 83.9 cm³/mol. The van der Waals surface area contributed by atoms with Crippen LogP contribution in [0, 0.1) is 11.6 Å². The van der Waals surface area contributed by atoms with Gasteiger partial charge in [0.1, 0.15) is 11.6 Å². The molecular formula is C17H18F2N2O3. The van der Waals surface area contributed by atoms with Crippen molar-refractivity contribution in [2.45, 2.75) is 19.9 Å². The Morgan fingerprint density at radius 3 is 2.58 bits per heavy atom. The van der Waals surface area contributed by atoms with E-state index < -0.39 is 35.2 Å². The van der Waals surface area contributed by atoms with Crippen LogP contribution in [0.15, 0.2) is 42.1 Å². The second-order valence-corrected chi connectivity index (χ2v) is 5.14. The summed E-state index contributed by atoms with van der Waals surface area (Å²) in [5.74, 6) is -2.45. The number of nitrogens with one attached hydrogen (secondary N) is 1. The zero-order valence-electron chi connectivity index (χ0n) is 13.4. The maximum Gasteiger partial charge on any atom is 0.338 e. The Balaban J connectivity index is 2.63. The molecule has 24 heavy (non-hydrogen) atoms. The van der Waals surface area contributed by atoms with Gasteiger partial charge in [-0.25, -0.2) is 18.4 Å². The summed E-state index contributed by atoms with van der Waals surface area (Å²) in [7, 11) is 0. The van der Waals surface area contributed by atoms with Gasteiger partial charge in [0.2, 0.25) is 0 Å². The van der Waals surface area contributed by atoms with Crippen LogP contribution in [-0.2, 0) is 9.53 Å². The Hall–Kier alpha value is -2.70. The zero-order chi connectivity index (χ0) is 17.9. The van der Waals surface area contributed by atoms with Gasteiger partial charge in [-0.05, 0) is 26.0 Å². The first kappa shape index (κ1) is 17.7. The van der Waals surface area contributed by atoms with Crippen molar-refractivity contribution in [2.75, 3.05) is 13.2 Å². The number of nitrogens with zero attached hydrogens (tertiary/aromatic N) is 1. The number of amides is 2. The van der Waals surface area contributed by atoms with E-state index >= 15 is 0 Å². The van der Waals surface area contributed by atoms with Gasteiger partial charge < -0.3 is 10.1 Å². The van der Waals surface area contributed by atoms with E-state index in [2.05, 4.69) is 11.9 Å². The minimum Gasteiger partial charge on any atom is -0.463 e. The molecule has 0 saturated heterocycles. The van der Waals surface area contributed by atoms with Crippen LogP contribution in [0.3, 0.4) is 0 Å². The first-order valence-corrected chi connectivity index (χ1v) is 7.43. The van der Waals surface area contributed by atoms with Gasteiger partial charge in [-0.1, -0.05) is 12.1 Å². The lowest BCUT2D eigenvalue weighted by Crippen LogP contribution is -2.48. The van der Waals surface area contributed by atoms with E-state index in [0.29, 0.717) is 0 Å². The van der Waals surface area contributed by atoms with Gasteiger partial charge in [0.05, 0.1) is 23.8 Å². The summed E-state index contributed by atoms with van der Waals surface area (Å²) in [6.45, 7) is 6.94. The van der Waals surface area contributed by atoms with Crippen molar-refractivity contribution in [1.82, 2.24) is 10.2 Å². The minimum atomic E-state index is -1.26. The van der Waals surface area contributed by atoms with Crippen LogP contribution >= 0.6 is 0 Å². The van der Waals surface area contributed by atoms with Gasteiger partial charge >= 0.3 is 12.0 Å². The number of benzene rings is 1. The van der Waals surface area contributed by atoms with Crippen molar-refractivity contribution in [2.24, 2.45) is 0 Å². The third-order valence-corrected chi connectivity index (χ3v) is 3.69. The predicted octanol–water partition coefficient (Wildman–Crippen LogP) is 3.05. The average Bonchev–Trinajstić information content (AvgIpc) is 2.51. The van der Waals surface area contributed by atoms with Crippen molar-refractivity contribution < 1.29 is 23.1 Å². The number of urea groups is 1. The lowest BCUT2D eigenvalue weighted by atomic mass is 9.94. The maximum absolute atomic E-state index is 14.2. The highest BCUT2D eigenvalue weighted by molar-refractivity contribution is 5.95. The number of hydrogen-bond acceptors (Lipinski definition) is 3. The number of hydrogen-bond donors (Lipinski definition) is 1. The van der Waals surface area contributed by atoms with Gasteiger partial charge in [0, 0.05) is 12.2 Å². The highest BCUT2D eigenvalue weighted by Crippen LogP contribution is 2.33. The molecule has 1 N–H and O–H groups in total. The molecule has 0 radical (unpaired) electrons. The fraction of sp³-hybridized carbons (Fsp3) is 0.294. The van der Waals surface area contributed by atoms with E-state index in [1.807, 2.05) is 0 Å². The Labute approximate surface area is 138 Å². The summed E-state index contributed by atoms with van der Waals surface area (Å²) in [6, 6.07) is 1.51. The normalized spacial score (nSPS) is 17.6. The van der Waals surface area contributed by atoms with Crippen molar-refractivity contribution in [3.63, 3.8) is 0 Å². The molecule has 128 valence electrons. The Morgan fingerprint density at radius 1 is 1.42 bits per heavy atom. The average molecular weight is 336 g/mol. The van der Waals surface area contributed by atoms with Crippen LogP contribution in [0.1, 0.15) is 25.5 Å². The second-order valence-electron chi connectivity index (χ2n) is 5.14. The summed E-state index contributed by atoms with van der Waals surface area (Å²) in [5, 5.41) is 2.47. The third-order valence-electron chi connectivity index (χ3n) is 3.69. The molecule has 7 heteroatoms. The lowest BCUT2D eigenvalue weighted by molar-refractivity contribution is -0.139. The van der Waals surface area contributed by atoms with Gasteiger partial charge in [-0.3, -0.25) is 4.90 Å². The molecule has 5 nitrogen and oxygen atoms in total. The van der Waals surface area contributed by atoms with Crippen LogP contribution in [0.4, 0.5) is 13.6 Å². The van der Waals surface area contributed by atoms with E-state index in [1.54, 1.807) is 6.92 Å². The van der Waals surface area contributed by atoms with Gasteiger partial charge in [-0.15, -0.1) is 6.58 Å². The van der Waals surface area contributed by atoms with Gasteiger partial charge in [0.15, 0.2) is 0 Å². The van der Waals surface area contributed by atoms with E-state index in [4.69, 9.17) is 4.74 Å². The van der Waals surface area contributed by atoms with E-state index in [-0.39, 0.29) is 24.4 Å². The Bertz CT molecular complexity index is 696. The fourth-order valence-electron chi connectivity index (χ4n) is 2.61. The van der Waals surface area contributed by atoms with Crippen LogP contribution < -0.4 is 5.32 Å². The number of carbonyl (C=O) groups excluding carboxylic acids is 2. The van der Waals surface area contributed by atoms with Gasteiger partial charge in [0.25, 0.3) is 0 Å². The Morgan fingerprint density at radius 2 is 2.04 bits per heavy atom. The molecule has 1 atom stereocenters. The molecule has 0 saturated carbocycles. The molecule has 2 rings (SSSR count). The van der Waals surface area contributed by atoms with Gasteiger partial charge in [-0.2, -0.15) is 0 Å². The molecule has 0 unspecified atom stereocenters. The standard InChI is InChI=1S/C17H18F2N2O3/c1-4-9-21-10(3)13(16(22)24-5-2)15(20-17(21)23)14-11(18)7-6-8-12(14)19/h4,6-8,15H,1,5,9H2,2-3H3,(H,20,23)/t15-/m0/s1. The summed E-state index contributed by atoms with van der Waals surface area (Å²) < 4.78 is 33.3. The molecule has 1 aromatic carbocycles. The molecule has 0 spiro atoms. The van der Waals surface area contributed by atoms with E-state index in [1.165, 1.54) is 24.0 Å². The molecule has 0 bridgehead atoms. The van der Waals surface area contributed by atoms with E-state index in [0.717, 1.165) is 12.1 Å².